The SMILES string of the molecule is C=CC(=O)Nc1cc2nc(N3CCC[C@@H](OC)C3)n(C)c2cc1C. The van der Waals surface area contributed by atoms with Gasteiger partial charge in [0.25, 0.3) is 0 Å². The highest BCUT2D eigenvalue weighted by atomic mass is 16.5. The monoisotopic (exact) mass is 328 g/mol. The standard InChI is InChI=1S/C18H24N4O2/c1-5-17(23)19-14-10-15-16(9-12(14)2)21(3)18(20-15)22-8-6-7-13(11-22)24-4/h5,9-10,13H,1,6-8,11H2,2-4H3,(H,19,23)/t13-/m1/s1. The first-order chi connectivity index (χ1) is 11.5. The molecule has 1 saturated heterocycles. The van der Waals surface area contributed by atoms with Crippen LogP contribution < -0.4 is 10.2 Å². The molecule has 6 heteroatoms. The summed E-state index contributed by atoms with van der Waals surface area (Å²) in [6, 6.07) is 3.98. The van der Waals surface area contributed by atoms with Gasteiger partial charge >= 0.3 is 0 Å². The van der Waals surface area contributed by atoms with Crippen LogP contribution in [0.2, 0.25) is 0 Å². The first kappa shape index (κ1) is 16.5. The minimum absolute atomic E-state index is 0.215. The van der Waals surface area contributed by atoms with Crippen LogP contribution in [0.3, 0.4) is 0 Å². The van der Waals surface area contributed by atoms with E-state index >= 15 is 0 Å². The van der Waals surface area contributed by atoms with Crippen LogP contribution in [0.5, 0.6) is 0 Å². The van der Waals surface area contributed by atoms with Crippen LogP contribution in [0, 0.1) is 6.92 Å². The lowest BCUT2D eigenvalue weighted by Crippen LogP contribution is -2.40. The van der Waals surface area contributed by atoms with Gasteiger partial charge in [-0.1, -0.05) is 6.58 Å². The van der Waals surface area contributed by atoms with Crippen LogP contribution in [-0.4, -0.2) is 41.8 Å². The summed E-state index contributed by atoms with van der Waals surface area (Å²) in [5.74, 6) is 0.728. The van der Waals surface area contributed by atoms with Crippen LogP contribution in [0.15, 0.2) is 24.8 Å². The molecular weight excluding hydrogens is 304 g/mol. The molecular formula is C18H24N4O2. The van der Waals surface area contributed by atoms with E-state index in [0.717, 1.165) is 54.2 Å². The number of hydrogen-bond donors (Lipinski definition) is 1. The summed E-state index contributed by atoms with van der Waals surface area (Å²) in [4.78, 5) is 18.6. The summed E-state index contributed by atoms with van der Waals surface area (Å²) < 4.78 is 7.63. The topological polar surface area (TPSA) is 59.4 Å². The summed E-state index contributed by atoms with van der Waals surface area (Å²) in [7, 11) is 3.80. The van der Waals surface area contributed by atoms with Gasteiger partial charge in [0.2, 0.25) is 11.9 Å². The number of nitrogens with one attached hydrogen (secondary N) is 1. The quantitative estimate of drug-likeness (QED) is 0.877. The van der Waals surface area contributed by atoms with Gasteiger partial charge in [0.05, 0.1) is 17.1 Å². The van der Waals surface area contributed by atoms with E-state index in [1.165, 1.54) is 6.08 Å². The minimum Gasteiger partial charge on any atom is -0.380 e. The van der Waals surface area contributed by atoms with Gasteiger partial charge in [-0.3, -0.25) is 4.79 Å². The van der Waals surface area contributed by atoms with Crippen molar-refractivity contribution in [2.45, 2.75) is 25.9 Å². The van der Waals surface area contributed by atoms with Gasteiger partial charge in [0.15, 0.2) is 0 Å². The Labute approximate surface area is 142 Å². The smallest absolute Gasteiger partial charge is 0.247 e. The maximum Gasteiger partial charge on any atom is 0.247 e. The van der Waals surface area contributed by atoms with Crippen molar-refractivity contribution in [1.29, 1.82) is 0 Å². The summed E-state index contributed by atoms with van der Waals surface area (Å²) in [6.45, 7) is 7.31. The fourth-order valence-corrected chi connectivity index (χ4v) is 3.24. The third-order valence-corrected chi connectivity index (χ3v) is 4.64. The molecule has 24 heavy (non-hydrogen) atoms. The zero-order valence-corrected chi connectivity index (χ0v) is 14.5. The summed E-state index contributed by atoms with van der Waals surface area (Å²) >= 11 is 0. The van der Waals surface area contributed by atoms with E-state index in [9.17, 15) is 4.79 Å². The van der Waals surface area contributed by atoms with Crippen molar-refractivity contribution in [3.8, 4) is 0 Å². The first-order valence-electron chi connectivity index (χ1n) is 8.21. The lowest BCUT2D eigenvalue weighted by Gasteiger charge is -2.32. The van der Waals surface area contributed by atoms with Crippen molar-refractivity contribution >= 4 is 28.6 Å². The number of fused-ring (bicyclic) bond motifs is 1. The number of rotatable bonds is 4. The van der Waals surface area contributed by atoms with Crippen molar-refractivity contribution in [2.75, 3.05) is 30.4 Å². The van der Waals surface area contributed by atoms with Gasteiger partial charge < -0.3 is 19.5 Å². The Morgan fingerprint density at radius 3 is 3.00 bits per heavy atom. The Kier molecular flexibility index (Phi) is 4.57. The molecule has 1 amide bonds. The summed E-state index contributed by atoms with van der Waals surface area (Å²) in [5.41, 5.74) is 3.70. The number of imidazole rings is 1. The number of ether oxygens (including phenoxy) is 1. The van der Waals surface area contributed by atoms with Gasteiger partial charge in [-0.05, 0) is 43.5 Å². The number of anilines is 2. The third kappa shape index (κ3) is 3.01. The molecule has 0 radical (unpaired) electrons. The molecule has 128 valence electrons. The van der Waals surface area contributed by atoms with Gasteiger partial charge in [-0.25, -0.2) is 4.98 Å². The Bertz CT molecular complexity index is 781. The largest absolute Gasteiger partial charge is 0.380 e. The molecule has 0 aliphatic carbocycles. The third-order valence-electron chi connectivity index (χ3n) is 4.64. The second kappa shape index (κ2) is 6.65. The van der Waals surface area contributed by atoms with E-state index in [-0.39, 0.29) is 12.0 Å². The molecule has 1 N–H and O–H groups in total. The number of carbonyl (C=O) groups is 1. The average molecular weight is 328 g/mol. The molecule has 6 nitrogen and oxygen atoms in total. The Morgan fingerprint density at radius 1 is 1.50 bits per heavy atom. The van der Waals surface area contributed by atoms with Gasteiger partial charge in [-0.2, -0.15) is 0 Å². The van der Waals surface area contributed by atoms with Crippen LogP contribution in [0.1, 0.15) is 18.4 Å². The van der Waals surface area contributed by atoms with Crippen molar-refractivity contribution in [3.63, 3.8) is 0 Å². The predicted octanol–water partition coefficient (Wildman–Crippen LogP) is 2.62. The van der Waals surface area contributed by atoms with E-state index in [0.29, 0.717) is 0 Å². The van der Waals surface area contributed by atoms with Crippen molar-refractivity contribution in [3.05, 3.63) is 30.4 Å². The maximum atomic E-state index is 11.6. The number of nitrogens with zero attached hydrogens (tertiary/aromatic N) is 3. The van der Waals surface area contributed by atoms with Gasteiger partial charge in [0, 0.05) is 32.9 Å². The highest BCUT2D eigenvalue weighted by molar-refractivity contribution is 6.00. The molecule has 2 aromatic rings. The minimum atomic E-state index is -0.215. The highest BCUT2D eigenvalue weighted by Gasteiger charge is 2.23. The molecule has 0 bridgehead atoms. The molecule has 0 unspecified atom stereocenters. The number of methoxy groups -OCH3 is 1. The van der Waals surface area contributed by atoms with E-state index in [4.69, 9.17) is 9.72 Å². The zero-order chi connectivity index (χ0) is 17.3. The second-order valence-corrected chi connectivity index (χ2v) is 6.27. The summed E-state index contributed by atoms with van der Waals surface area (Å²) in [6.07, 6.45) is 3.71. The number of hydrogen-bond acceptors (Lipinski definition) is 4. The van der Waals surface area contributed by atoms with Crippen LogP contribution >= 0.6 is 0 Å². The molecule has 1 aromatic carbocycles. The maximum absolute atomic E-state index is 11.6. The van der Waals surface area contributed by atoms with E-state index in [1.54, 1.807) is 7.11 Å². The number of piperidine rings is 1. The molecule has 1 fully saturated rings. The second-order valence-electron chi connectivity index (χ2n) is 6.27. The number of carbonyl (C=O) groups excluding carboxylic acids is 1. The molecule has 0 saturated carbocycles. The molecule has 1 aromatic heterocycles. The normalized spacial score (nSPS) is 18.0. The molecule has 2 heterocycles. The number of aryl methyl sites for hydroxylation is 2. The van der Waals surface area contributed by atoms with E-state index in [2.05, 4.69) is 27.4 Å². The van der Waals surface area contributed by atoms with Crippen molar-refractivity contribution in [2.24, 2.45) is 7.05 Å². The lowest BCUT2D eigenvalue weighted by molar-refractivity contribution is -0.111. The number of amides is 1. The van der Waals surface area contributed by atoms with Crippen LogP contribution in [0.25, 0.3) is 11.0 Å². The van der Waals surface area contributed by atoms with Crippen molar-refractivity contribution < 1.29 is 9.53 Å². The highest BCUT2D eigenvalue weighted by Crippen LogP contribution is 2.28. The Morgan fingerprint density at radius 2 is 2.29 bits per heavy atom. The van der Waals surface area contributed by atoms with Gasteiger partial charge in [0.1, 0.15) is 0 Å². The molecule has 1 aliphatic rings. The van der Waals surface area contributed by atoms with E-state index < -0.39 is 0 Å². The first-order valence-corrected chi connectivity index (χ1v) is 8.21. The fraction of sp³-hybridized carbons (Fsp3) is 0.444. The molecule has 1 aliphatic heterocycles. The lowest BCUT2D eigenvalue weighted by atomic mass is 10.1. The van der Waals surface area contributed by atoms with Crippen LogP contribution in [-0.2, 0) is 16.6 Å². The summed E-state index contributed by atoms with van der Waals surface area (Å²) in [5, 5.41) is 2.84. The average Bonchev–Trinajstić information content (AvgIpc) is 2.91. The fourth-order valence-electron chi connectivity index (χ4n) is 3.24. The molecule has 0 spiro atoms. The molecule has 1 atom stereocenters. The van der Waals surface area contributed by atoms with E-state index in [1.807, 2.05) is 20.0 Å². The van der Waals surface area contributed by atoms with Gasteiger partial charge in [-0.15, -0.1) is 0 Å². The molecule has 3 rings (SSSR count). The predicted molar refractivity (Wildman–Crippen MR) is 96.5 cm³/mol. The Hall–Kier alpha value is -2.34. The Balaban J connectivity index is 1.97. The zero-order valence-electron chi connectivity index (χ0n) is 14.5. The number of benzene rings is 1. The number of aromatic nitrogens is 2. The van der Waals surface area contributed by atoms with Crippen molar-refractivity contribution in [1.82, 2.24) is 9.55 Å². The van der Waals surface area contributed by atoms with Crippen LogP contribution in [0.4, 0.5) is 11.6 Å².